The second kappa shape index (κ2) is 5.86. The second-order valence-corrected chi connectivity index (χ2v) is 6.14. The molecule has 2 aromatic carbocycles. The topological polar surface area (TPSA) is 56.4 Å². The molecule has 2 heterocycles. The van der Waals surface area contributed by atoms with Gasteiger partial charge in [0.15, 0.2) is 0 Å². The van der Waals surface area contributed by atoms with Gasteiger partial charge in [-0.25, -0.2) is 9.38 Å². The van der Waals surface area contributed by atoms with Gasteiger partial charge in [-0.1, -0.05) is 35.9 Å². The summed E-state index contributed by atoms with van der Waals surface area (Å²) in [6.45, 7) is 2.29. The molecule has 0 saturated carbocycles. The molecule has 124 valence electrons. The van der Waals surface area contributed by atoms with E-state index in [-0.39, 0.29) is 11.1 Å². The Morgan fingerprint density at radius 2 is 1.76 bits per heavy atom. The molecule has 4 aromatic rings. The van der Waals surface area contributed by atoms with E-state index in [9.17, 15) is 9.59 Å². The van der Waals surface area contributed by atoms with Crippen molar-refractivity contribution in [1.29, 1.82) is 0 Å². The van der Waals surface area contributed by atoms with E-state index in [1.165, 1.54) is 8.97 Å². The summed E-state index contributed by atoms with van der Waals surface area (Å²) in [5, 5.41) is 1.39. The Morgan fingerprint density at radius 1 is 1.04 bits per heavy atom. The minimum absolute atomic E-state index is 0.239. The summed E-state index contributed by atoms with van der Waals surface area (Å²) >= 11 is 5.91. The Kier molecular flexibility index (Phi) is 3.66. The molecule has 5 nitrogen and oxygen atoms in total. The highest BCUT2D eigenvalue weighted by atomic mass is 35.5. The third kappa shape index (κ3) is 2.44. The first-order valence-corrected chi connectivity index (χ1v) is 8.29. The summed E-state index contributed by atoms with van der Waals surface area (Å²) in [6, 6.07) is 14.2. The molecule has 0 aliphatic rings. The van der Waals surface area contributed by atoms with Crippen molar-refractivity contribution in [2.24, 2.45) is 0 Å². The number of imidazole rings is 1. The predicted octanol–water partition coefficient (Wildman–Crippen LogP) is 2.23. The van der Waals surface area contributed by atoms with Crippen molar-refractivity contribution in [2.75, 3.05) is 0 Å². The molecule has 2 aromatic heterocycles. The lowest BCUT2D eigenvalue weighted by molar-refractivity contribution is 0.754. The highest BCUT2D eigenvalue weighted by Gasteiger charge is 2.14. The Bertz CT molecular complexity index is 1270. The van der Waals surface area contributed by atoms with Crippen LogP contribution < -0.4 is 16.5 Å². The van der Waals surface area contributed by atoms with Crippen LogP contribution >= 0.6 is 11.6 Å². The number of benzene rings is 2. The zero-order chi connectivity index (χ0) is 17.6. The monoisotopic (exact) mass is 351 g/mol. The third-order valence-electron chi connectivity index (χ3n) is 4.19. The molecule has 25 heavy (non-hydrogen) atoms. The lowest BCUT2D eigenvalue weighted by Gasteiger charge is -2.01. The van der Waals surface area contributed by atoms with Gasteiger partial charge in [0.2, 0.25) is 5.78 Å². The number of aromatic nitrogens is 3. The molecule has 0 N–H and O–H groups in total. The predicted molar refractivity (Wildman–Crippen MR) is 99.1 cm³/mol. The van der Waals surface area contributed by atoms with Gasteiger partial charge in [-0.3, -0.25) is 14.2 Å². The maximum absolute atomic E-state index is 13.0. The van der Waals surface area contributed by atoms with Crippen LogP contribution in [0, 0.1) is 0 Å². The lowest BCUT2D eigenvalue weighted by atomic mass is 10.2. The zero-order valence-corrected chi connectivity index (χ0v) is 14.2. The van der Waals surface area contributed by atoms with Gasteiger partial charge in [-0.2, -0.15) is 0 Å². The quantitative estimate of drug-likeness (QED) is 0.556. The van der Waals surface area contributed by atoms with Gasteiger partial charge >= 0.3 is 0 Å². The Balaban J connectivity index is 2.19. The van der Waals surface area contributed by atoms with Crippen molar-refractivity contribution in [2.45, 2.75) is 13.5 Å². The van der Waals surface area contributed by atoms with E-state index in [1.807, 2.05) is 13.0 Å². The first kappa shape index (κ1) is 15.6. The first-order chi connectivity index (χ1) is 12.1. The van der Waals surface area contributed by atoms with Crippen molar-refractivity contribution in [3.63, 3.8) is 0 Å². The maximum atomic E-state index is 13.0. The number of para-hydroxylation sites is 1. The van der Waals surface area contributed by atoms with E-state index >= 15 is 0 Å². The summed E-state index contributed by atoms with van der Waals surface area (Å²) in [5.41, 5.74) is 0.886. The standard InChI is InChI=1S/C19H14ClN3O2/c1-2-22-18(25)16(11-12-7-9-13(20)10-8-12)23-17(24)14-5-3-4-6-15(14)21-19(22)23/h3-11H,2H2,1H3/b16-11-. The number of halogens is 1. The zero-order valence-electron chi connectivity index (χ0n) is 13.4. The van der Waals surface area contributed by atoms with Crippen LogP contribution in [0.25, 0.3) is 22.8 Å². The minimum Gasteiger partial charge on any atom is -0.277 e. The summed E-state index contributed by atoms with van der Waals surface area (Å²) in [6.07, 6.45) is 1.69. The molecule has 0 radical (unpaired) electrons. The van der Waals surface area contributed by atoms with Crippen LogP contribution in [0.15, 0.2) is 58.1 Å². The molecule has 0 atom stereocenters. The summed E-state index contributed by atoms with van der Waals surface area (Å²) in [5.74, 6) is 0.358. The number of nitrogens with zero attached hydrogens (tertiary/aromatic N) is 3. The number of fused-ring (bicyclic) bond motifs is 2. The molecule has 0 unspecified atom stereocenters. The van der Waals surface area contributed by atoms with E-state index < -0.39 is 0 Å². The number of hydrogen-bond acceptors (Lipinski definition) is 3. The molecule has 0 spiro atoms. The molecular formula is C19H14ClN3O2. The molecule has 0 aliphatic carbocycles. The molecule has 4 rings (SSSR count). The van der Waals surface area contributed by atoms with Crippen LogP contribution in [0.1, 0.15) is 12.5 Å². The molecule has 0 fully saturated rings. The Labute approximate surface area is 147 Å². The number of rotatable bonds is 2. The first-order valence-electron chi connectivity index (χ1n) is 7.91. The highest BCUT2D eigenvalue weighted by Crippen LogP contribution is 2.10. The largest absolute Gasteiger partial charge is 0.277 e. The summed E-state index contributed by atoms with van der Waals surface area (Å²) in [4.78, 5) is 30.3. The minimum atomic E-state index is -0.245. The Morgan fingerprint density at radius 3 is 2.48 bits per heavy atom. The SMILES string of the molecule is CCn1c(=O)/c(=C/c2ccc(Cl)cc2)n2c(=O)c3ccccc3nc12. The van der Waals surface area contributed by atoms with Gasteiger partial charge in [0.05, 0.1) is 10.9 Å². The van der Waals surface area contributed by atoms with Gasteiger partial charge < -0.3 is 0 Å². The van der Waals surface area contributed by atoms with Crippen LogP contribution in [0.2, 0.25) is 5.02 Å². The van der Waals surface area contributed by atoms with Gasteiger partial charge in [-0.05, 0) is 42.8 Å². The molecule has 6 heteroatoms. The van der Waals surface area contributed by atoms with E-state index in [4.69, 9.17) is 11.6 Å². The van der Waals surface area contributed by atoms with Crippen LogP contribution in [0.3, 0.4) is 0 Å². The lowest BCUT2D eigenvalue weighted by Crippen LogP contribution is -2.34. The van der Waals surface area contributed by atoms with Gasteiger partial charge in [0.25, 0.3) is 11.1 Å². The fourth-order valence-electron chi connectivity index (χ4n) is 2.97. The number of hydrogen-bond donors (Lipinski definition) is 0. The molecule has 0 saturated heterocycles. The summed E-state index contributed by atoms with van der Waals surface area (Å²) in [7, 11) is 0. The molecule has 0 aliphatic heterocycles. The normalized spacial score (nSPS) is 12.3. The van der Waals surface area contributed by atoms with Gasteiger partial charge in [0, 0.05) is 11.6 Å². The fourth-order valence-corrected chi connectivity index (χ4v) is 3.10. The van der Waals surface area contributed by atoms with Gasteiger partial charge in [0.1, 0.15) is 5.35 Å². The Hall–Kier alpha value is -2.92. The van der Waals surface area contributed by atoms with Crippen molar-refractivity contribution >= 4 is 34.4 Å². The van der Waals surface area contributed by atoms with E-state index in [2.05, 4.69) is 4.98 Å². The fraction of sp³-hybridized carbons (Fsp3) is 0.105. The highest BCUT2D eigenvalue weighted by molar-refractivity contribution is 6.30. The second-order valence-electron chi connectivity index (χ2n) is 5.70. The van der Waals surface area contributed by atoms with Crippen LogP contribution in [-0.2, 0) is 6.54 Å². The summed E-state index contributed by atoms with van der Waals surface area (Å²) < 4.78 is 2.90. The third-order valence-corrected chi connectivity index (χ3v) is 4.45. The average Bonchev–Trinajstić information content (AvgIpc) is 2.88. The van der Waals surface area contributed by atoms with Gasteiger partial charge in [-0.15, -0.1) is 0 Å². The van der Waals surface area contributed by atoms with Crippen LogP contribution in [0.5, 0.6) is 0 Å². The average molecular weight is 352 g/mol. The van der Waals surface area contributed by atoms with Crippen molar-refractivity contribution < 1.29 is 0 Å². The molecule has 0 bridgehead atoms. The molecule has 0 amide bonds. The maximum Gasteiger partial charge on any atom is 0.277 e. The van der Waals surface area contributed by atoms with E-state index in [0.717, 1.165) is 5.56 Å². The van der Waals surface area contributed by atoms with E-state index in [1.54, 1.807) is 48.5 Å². The van der Waals surface area contributed by atoms with Crippen molar-refractivity contribution in [3.05, 3.63) is 85.2 Å². The van der Waals surface area contributed by atoms with Crippen LogP contribution in [-0.4, -0.2) is 14.0 Å². The van der Waals surface area contributed by atoms with Crippen molar-refractivity contribution in [3.8, 4) is 0 Å². The van der Waals surface area contributed by atoms with Crippen LogP contribution in [0.4, 0.5) is 0 Å². The smallest absolute Gasteiger partial charge is 0.277 e. The molecular weight excluding hydrogens is 338 g/mol. The van der Waals surface area contributed by atoms with E-state index in [0.29, 0.717) is 33.6 Å². The van der Waals surface area contributed by atoms with Crippen molar-refractivity contribution in [1.82, 2.24) is 14.0 Å². The number of aryl methyl sites for hydroxylation is 1.